The van der Waals surface area contributed by atoms with Crippen LogP contribution in [0.15, 0.2) is 97.1 Å². The Morgan fingerprint density at radius 2 is 1.45 bits per heavy atom. The van der Waals surface area contributed by atoms with Gasteiger partial charge in [-0.05, 0) is 49.4 Å². The minimum atomic E-state index is 0.842. The van der Waals surface area contributed by atoms with Crippen molar-refractivity contribution < 1.29 is 0 Å². The van der Waals surface area contributed by atoms with Crippen molar-refractivity contribution >= 4 is 44.6 Å². The second kappa shape index (κ2) is 6.88. The average molecular weight is 426 g/mol. The van der Waals surface area contributed by atoms with Crippen LogP contribution in [0.4, 0.5) is 5.82 Å². The Bertz CT molecular complexity index is 1710. The Labute approximate surface area is 192 Å². The highest BCUT2D eigenvalue weighted by molar-refractivity contribution is 6.10. The number of rotatable bonds is 2. The van der Waals surface area contributed by atoms with Gasteiger partial charge in [0, 0.05) is 39.6 Å². The molecule has 0 spiro atoms. The molecule has 0 aliphatic carbocycles. The molecule has 3 heteroatoms. The summed E-state index contributed by atoms with van der Waals surface area (Å²) in [7, 11) is 0. The van der Waals surface area contributed by atoms with Gasteiger partial charge in [0.2, 0.25) is 0 Å². The topological polar surface area (TPSA) is 21.9 Å². The third-order valence-electron chi connectivity index (χ3n) is 6.76. The van der Waals surface area contributed by atoms with Crippen molar-refractivity contribution in [1.82, 2.24) is 9.13 Å². The molecule has 3 heterocycles. The van der Waals surface area contributed by atoms with Crippen LogP contribution in [-0.4, -0.2) is 15.7 Å². The van der Waals surface area contributed by atoms with Crippen molar-refractivity contribution in [2.24, 2.45) is 0 Å². The summed E-state index contributed by atoms with van der Waals surface area (Å²) < 4.78 is 4.75. The minimum absolute atomic E-state index is 0.842. The molecule has 0 fully saturated rings. The Kier molecular flexibility index (Phi) is 3.82. The first kappa shape index (κ1) is 18.3. The number of benzene rings is 4. The third kappa shape index (κ3) is 2.63. The first-order chi connectivity index (χ1) is 16.3. The number of anilines is 1. The van der Waals surface area contributed by atoms with Gasteiger partial charge in [0.15, 0.2) is 0 Å². The summed E-state index contributed by atoms with van der Waals surface area (Å²) >= 11 is 0. The number of fused-ring (bicyclic) bond motifs is 6. The molecule has 158 valence electrons. The van der Waals surface area contributed by atoms with Crippen LogP contribution in [0.3, 0.4) is 0 Å². The van der Waals surface area contributed by atoms with E-state index in [1.165, 1.54) is 55.2 Å². The van der Waals surface area contributed by atoms with Crippen molar-refractivity contribution in [1.29, 1.82) is 0 Å². The van der Waals surface area contributed by atoms with Gasteiger partial charge in [0.25, 0.3) is 0 Å². The van der Waals surface area contributed by atoms with E-state index in [0.717, 1.165) is 12.4 Å². The standard InChI is InChI=1S/C30H23N3/c1-20-13-16-28-26(18-20)24-15-14-22(19-29(24)32(28)21-8-3-2-4-9-21)33-27-12-6-5-10-23(27)25-11-7-17-31-30(25)33/h2-16,18-19,31H,17H2,1H3. The lowest BCUT2D eigenvalue weighted by Crippen LogP contribution is -2.08. The molecule has 2 aromatic heterocycles. The molecule has 1 aliphatic rings. The number of para-hydroxylation sites is 2. The maximum Gasteiger partial charge on any atom is 0.119 e. The molecule has 1 N–H and O–H groups in total. The fourth-order valence-corrected chi connectivity index (χ4v) is 5.33. The summed E-state index contributed by atoms with van der Waals surface area (Å²) in [6.45, 7) is 3.01. The highest BCUT2D eigenvalue weighted by atomic mass is 15.1. The summed E-state index contributed by atoms with van der Waals surface area (Å²) in [5, 5.41) is 7.46. The van der Waals surface area contributed by atoms with Crippen molar-refractivity contribution in [2.45, 2.75) is 6.92 Å². The monoisotopic (exact) mass is 425 g/mol. The molecule has 0 saturated heterocycles. The Hall–Kier alpha value is -4.24. The fourth-order valence-electron chi connectivity index (χ4n) is 5.33. The van der Waals surface area contributed by atoms with Gasteiger partial charge in [-0.25, -0.2) is 0 Å². The normalized spacial score (nSPS) is 13.0. The molecular formula is C30H23N3. The molecule has 6 aromatic rings. The maximum atomic E-state index is 3.62. The van der Waals surface area contributed by atoms with Gasteiger partial charge in [-0.1, -0.05) is 66.2 Å². The van der Waals surface area contributed by atoms with Gasteiger partial charge >= 0.3 is 0 Å². The van der Waals surface area contributed by atoms with Crippen LogP contribution in [0.1, 0.15) is 11.1 Å². The Morgan fingerprint density at radius 3 is 2.36 bits per heavy atom. The summed E-state index contributed by atoms with van der Waals surface area (Å²) in [6, 6.07) is 33.0. The SMILES string of the molecule is Cc1ccc2c(c1)c1ccc(-n3c4c(c5ccccc53)C=CCN4)cc1n2-c1ccccc1. The molecule has 33 heavy (non-hydrogen) atoms. The van der Waals surface area contributed by atoms with E-state index < -0.39 is 0 Å². The molecule has 0 amide bonds. The van der Waals surface area contributed by atoms with E-state index in [1.807, 2.05) is 0 Å². The zero-order valence-electron chi connectivity index (χ0n) is 18.4. The first-order valence-electron chi connectivity index (χ1n) is 11.4. The van der Waals surface area contributed by atoms with Crippen molar-refractivity contribution in [3.8, 4) is 11.4 Å². The van der Waals surface area contributed by atoms with Crippen LogP contribution >= 0.6 is 0 Å². The molecule has 0 atom stereocenters. The lowest BCUT2D eigenvalue weighted by atomic mass is 10.1. The zero-order chi connectivity index (χ0) is 21.9. The van der Waals surface area contributed by atoms with Crippen LogP contribution in [0, 0.1) is 6.92 Å². The van der Waals surface area contributed by atoms with Crippen molar-refractivity contribution in [2.75, 3.05) is 11.9 Å². The second-order valence-corrected chi connectivity index (χ2v) is 8.79. The van der Waals surface area contributed by atoms with Gasteiger partial charge in [0.1, 0.15) is 5.82 Å². The van der Waals surface area contributed by atoms with Crippen LogP contribution in [0.2, 0.25) is 0 Å². The Balaban J connectivity index is 1.59. The predicted octanol–water partition coefficient (Wildman–Crippen LogP) is 7.47. The summed E-state index contributed by atoms with van der Waals surface area (Å²) in [4.78, 5) is 0. The molecule has 0 saturated carbocycles. The van der Waals surface area contributed by atoms with Gasteiger partial charge in [-0.15, -0.1) is 0 Å². The Morgan fingerprint density at radius 1 is 0.636 bits per heavy atom. The van der Waals surface area contributed by atoms with Crippen molar-refractivity contribution in [3.63, 3.8) is 0 Å². The summed E-state index contributed by atoms with van der Waals surface area (Å²) in [5.41, 5.74) is 8.56. The van der Waals surface area contributed by atoms with E-state index in [-0.39, 0.29) is 0 Å². The van der Waals surface area contributed by atoms with E-state index in [9.17, 15) is 0 Å². The fraction of sp³-hybridized carbons (Fsp3) is 0.0667. The van der Waals surface area contributed by atoms with E-state index in [0.29, 0.717) is 0 Å². The van der Waals surface area contributed by atoms with E-state index in [2.05, 4.69) is 125 Å². The molecule has 4 aromatic carbocycles. The van der Waals surface area contributed by atoms with E-state index >= 15 is 0 Å². The number of hydrogen-bond donors (Lipinski definition) is 1. The van der Waals surface area contributed by atoms with E-state index in [4.69, 9.17) is 0 Å². The lowest BCUT2D eigenvalue weighted by molar-refractivity contribution is 1.09. The predicted molar refractivity (Wildman–Crippen MR) is 140 cm³/mol. The largest absolute Gasteiger partial charge is 0.367 e. The highest BCUT2D eigenvalue weighted by Crippen LogP contribution is 2.38. The molecule has 3 nitrogen and oxygen atoms in total. The quantitative estimate of drug-likeness (QED) is 0.305. The van der Waals surface area contributed by atoms with Gasteiger partial charge < -0.3 is 9.88 Å². The summed E-state index contributed by atoms with van der Waals surface area (Å²) in [5.74, 6) is 1.16. The number of nitrogens with zero attached hydrogens (tertiary/aromatic N) is 2. The third-order valence-corrected chi connectivity index (χ3v) is 6.76. The number of aryl methyl sites for hydroxylation is 1. The number of aromatic nitrogens is 2. The molecule has 7 rings (SSSR count). The van der Waals surface area contributed by atoms with Crippen LogP contribution in [0.25, 0.3) is 50.2 Å². The lowest BCUT2D eigenvalue weighted by Gasteiger charge is -2.16. The molecular weight excluding hydrogens is 402 g/mol. The average Bonchev–Trinajstić information content (AvgIpc) is 3.37. The highest BCUT2D eigenvalue weighted by Gasteiger charge is 2.20. The van der Waals surface area contributed by atoms with Gasteiger partial charge in [-0.2, -0.15) is 0 Å². The molecule has 0 unspecified atom stereocenters. The van der Waals surface area contributed by atoms with E-state index in [1.54, 1.807) is 0 Å². The number of hydrogen-bond acceptors (Lipinski definition) is 1. The first-order valence-corrected chi connectivity index (χ1v) is 11.4. The minimum Gasteiger partial charge on any atom is -0.367 e. The van der Waals surface area contributed by atoms with Gasteiger partial charge in [-0.3, -0.25) is 4.57 Å². The molecule has 0 bridgehead atoms. The second-order valence-electron chi connectivity index (χ2n) is 8.79. The maximum absolute atomic E-state index is 3.62. The zero-order valence-corrected chi connectivity index (χ0v) is 18.4. The van der Waals surface area contributed by atoms with Crippen LogP contribution < -0.4 is 5.32 Å². The summed E-state index contributed by atoms with van der Waals surface area (Å²) in [6.07, 6.45) is 4.44. The van der Waals surface area contributed by atoms with Crippen LogP contribution in [-0.2, 0) is 0 Å². The smallest absolute Gasteiger partial charge is 0.119 e. The van der Waals surface area contributed by atoms with Crippen molar-refractivity contribution in [3.05, 3.63) is 108 Å². The molecule has 0 radical (unpaired) electrons. The number of nitrogens with one attached hydrogen (secondary N) is 1. The van der Waals surface area contributed by atoms with Gasteiger partial charge in [0.05, 0.1) is 16.6 Å². The van der Waals surface area contributed by atoms with Crippen LogP contribution in [0.5, 0.6) is 0 Å². The molecule has 1 aliphatic heterocycles.